The molecule has 8 nitrogen and oxygen atoms in total. The third-order valence-corrected chi connectivity index (χ3v) is 4.96. The minimum atomic E-state index is -0.438. The lowest BCUT2D eigenvalue weighted by atomic mass is 10.1. The highest BCUT2D eigenvalue weighted by Crippen LogP contribution is 2.31. The van der Waals surface area contributed by atoms with Crippen molar-refractivity contribution < 1.29 is 19.2 Å². The molecule has 0 radical (unpaired) electrons. The third kappa shape index (κ3) is 4.90. The van der Waals surface area contributed by atoms with E-state index in [0.29, 0.717) is 11.3 Å². The molecule has 152 valence electrons. The molecule has 8 heteroatoms. The number of nitro groups is 1. The maximum Gasteiger partial charge on any atom is 0.337 e. The van der Waals surface area contributed by atoms with Gasteiger partial charge >= 0.3 is 5.97 Å². The Morgan fingerprint density at radius 3 is 2.34 bits per heavy atom. The van der Waals surface area contributed by atoms with E-state index in [4.69, 9.17) is 0 Å². The summed E-state index contributed by atoms with van der Waals surface area (Å²) in [4.78, 5) is 37.0. The highest BCUT2D eigenvalue weighted by Gasteiger charge is 2.23. The van der Waals surface area contributed by atoms with Gasteiger partial charge in [-0.25, -0.2) is 4.79 Å². The number of amides is 1. The van der Waals surface area contributed by atoms with Crippen molar-refractivity contribution >= 4 is 23.3 Å². The van der Waals surface area contributed by atoms with Gasteiger partial charge in [0, 0.05) is 31.3 Å². The Hall–Kier alpha value is -3.42. The summed E-state index contributed by atoms with van der Waals surface area (Å²) in [6, 6.07) is 11.3. The standard InChI is InChI=1S/C21H23N3O5/c1-29-21(26)16-7-5-15(6-8-16)14-22-20(25)17-9-10-18(19(13-17)24(27)28)23-11-3-2-4-12-23/h5-10,13H,2-4,11-12,14H2,1H3,(H,22,25). The van der Waals surface area contributed by atoms with Crippen LogP contribution in [0, 0.1) is 10.1 Å². The molecule has 0 atom stereocenters. The third-order valence-electron chi connectivity index (χ3n) is 4.96. The van der Waals surface area contributed by atoms with E-state index in [2.05, 4.69) is 10.1 Å². The molecule has 0 aromatic heterocycles. The summed E-state index contributed by atoms with van der Waals surface area (Å²) >= 11 is 0. The number of nitro benzene ring substituents is 1. The fourth-order valence-corrected chi connectivity index (χ4v) is 3.37. The largest absolute Gasteiger partial charge is 0.465 e. The molecule has 0 spiro atoms. The quantitative estimate of drug-likeness (QED) is 0.456. The number of hydrogen-bond acceptors (Lipinski definition) is 6. The van der Waals surface area contributed by atoms with Crippen molar-refractivity contribution in [3.8, 4) is 0 Å². The number of carbonyl (C=O) groups excluding carboxylic acids is 2. The Labute approximate surface area is 168 Å². The van der Waals surface area contributed by atoms with Gasteiger partial charge in [0.2, 0.25) is 0 Å². The second-order valence-electron chi connectivity index (χ2n) is 6.88. The van der Waals surface area contributed by atoms with E-state index >= 15 is 0 Å². The first kappa shape index (κ1) is 20.3. The molecule has 1 heterocycles. The summed E-state index contributed by atoms with van der Waals surface area (Å²) in [5, 5.41) is 14.3. The van der Waals surface area contributed by atoms with Gasteiger partial charge in [-0.3, -0.25) is 14.9 Å². The monoisotopic (exact) mass is 397 g/mol. The van der Waals surface area contributed by atoms with Crippen LogP contribution in [0.1, 0.15) is 45.5 Å². The average Bonchev–Trinajstić information content (AvgIpc) is 2.77. The van der Waals surface area contributed by atoms with Gasteiger partial charge in [0.05, 0.1) is 17.6 Å². The van der Waals surface area contributed by atoms with Crippen LogP contribution in [0.15, 0.2) is 42.5 Å². The Kier molecular flexibility index (Phi) is 6.43. The van der Waals surface area contributed by atoms with Gasteiger partial charge in [-0.05, 0) is 49.1 Å². The Bertz CT molecular complexity index is 905. The topological polar surface area (TPSA) is 102 Å². The van der Waals surface area contributed by atoms with Crippen LogP contribution in [0.5, 0.6) is 0 Å². The first-order valence-electron chi connectivity index (χ1n) is 9.48. The highest BCUT2D eigenvalue weighted by atomic mass is 16.6. The van der Waals surface area contributed by atoms with E-state index in [0.717, 1.165) is 37.9 Å². The number of carbonyl (C=O) groups is 2. The van der Waals surface area contributed by atoms with Crippen LogP contribution in [0.25, 0.3) is 0 Å². The second-order valence-corrected chi connectivity index (χ2v) is 6.88. The molecule has 1 fully saturated rings. The molecular weight excluding hydrogens is 374 g/mol. The van der Waals surface area contributed by atoms with E-state index in [-0.39, 0.29) is 17.8 Å². The minimum Gasteiger partial charge on any atom is -0.465 e. The van der Waals surface area contributed by atoms with E-state index in [1.54, 1.807) is 36.4 Å². The molecule has 1 aliphatic heterocycles. The summed E-state index contributed by atoms with van der Waals surface area (Å²) in [7, 11) is 1.31. The van der Waals surface area contributed by atoms with Crippen molar-refractivity contribution in [3.63, 3.8) is 0 Å². The zero-order valence-electron chi connectivity index (χ0n) is 16.2. The normalized spacial score (nSPS) is 13.6. The van der Waals surface area contributed by atoms with Crippen LogP contribution in [-0.4, -0.2) is 37.0 Å². The van der Waals surface area contributed by atoms with E-state index < -0.39 is 16.8 Å². The van der Waals surface area contributed by atoms with E-state index in [1.165, 1.54) is 13.2 Å². The molecule has 0 saturated carbocycles. The second kappa shape index (κ2) is 9.18. The number of esters is 1. The number of piperidine rings is 1. The molecule has 2 aromatic carbocycles. The van der Waals surface area contributed by atoms with Gasteiger partial charge in [0.15, 0.2) is 0 Å². The minimum absolute atomic E-state index is 0.0537. The predicted molar refractivity (Wildman–Crippen MR) is 108 cm³/mol. The molecule has 1 N–H and O–H groups in total. The Morgan fingerprint density at radius 2 is 1.72 bits per heavy atom. The Balaban J connectivity index is 1.69. The maximum atomic E-state index is 12.5. The summed E-state index contributed by atoms with van der Waals surface area (Å²) < 4.78 is 4.65. The molecule has 3 rings (SSSR count). The number of rotatable bonds is 6. The number of nitrogens with zero attached hydrogens (tertiary/aromatic N) is 2. The predicted octanol–water partition coefficient (Wildman–Crippen LogP) is 3.30. The molecule has 29 heavy (non-hydrogen) atoms. The summed E-state index contributed by atoms with van der Waals surface area (Å²) in [6.45, 7) is 1.81. The van der Waals surface area contributed by atoms with Crippen molar-refractivity contribution in [2.75, 3.05) is 25.1 Å². The lowest BCUT2D eigenvalue weighted by Crippen LogP contribution is -2.30. The average molecular weight is 397 g/mol. The first-order chi connectivity index (χ1) is 14.0. The van der Waals surface area contributed by atoms with Gasteiger partial charge in [0.1, 0.15) is 5.69 Å². The maximum absolute atomic E-state index is 12.5. The summed E-state index contributed by atoms with van der Waals surface area (Å²) in [5.74, 6) is -0.822. The number of hydrogen-bond donors (Lipinski definition) is 1. The van der Waals surface area contributed by atoms with Crippen LogP contribution < -0.4 is 10.2 Å². The van der Waals surface area contributed by atoms with Gasteiger partial charge in [-0.1, -0.05) is 12.1 Å². The van der Waals surface area contributed by atoms with Gasteiger partial charge in [-0.15, -0.1) is 0 Å². The van der Waals surface area contributed by atoms with Gasteiger partial charge in [0.25, 0.3) is 11.6 Å². The van der Waals surface area contributed by atoms with Crippen molar-refractivity contribution in [1.29, 1.82) is 0 Å². The van der Waals surface area contributed by atoms with Crippen LogP contribution in [0.3, 0.4) is 0 Å². The van der Waals surface area contributed by atoms with Crippen molar-refractivity contribution in [1.82, 2.24) is 5.32 Å². The number of anilines is 1. The van der Waals surface area contributed by atoms with Crippen LogP contribution >= 0.6 is 0 Å². The summed E-state index contributed by atoms with van der Waals surface area (Å²) in [6.07, 6.45) is 3.15. The number of methoxy groups -OCH3 is 1. The molecule has 1 saturated heterocycles. The smallest absolute Gasteiger partial charge is 0.337 e. The van der Waals surface area contributed by atoms with E-state index in [1.807, 2.05) is 4.90 Å². The lowest BCUT2D eigenvalue weighted by molar-refractivity contribution is -0.384. The molecule has 0 bridgehead atoms. The number of benzene rings is 2. The fourth-order valence-electron chi connectivity index (χ4n) is 3.37. The molecule has 1 amide bonds. The molecule has 0 aliphatic carbocycles. The van der Waals surface area contributed by atoms with E-state index in [9.17, 15) is 19.7 Å². The number of nitrogens with one attached hydrogen (secondary N) is 1. The zero-order chi connectivity index (χ0) is 20.8. The summed E-state index contributed by atoms with van der Waals surface area (Å²) in [5.41, 5.74) is 1.97. The lowest BCUT2D eigenvalue weighted by Gasteiger charge is -2.28. The molecular formula is C21H23N3O5. The molecule has 2 aromatic rings. The van der Waals surface area contributed by atoms with Gasteiger partial charge in [-0.2, -0.15) is 0 Å². The molecule has 0 unspecified atom stereocenters. The first-order valence-corrected chi connectivity index (χ1v) is 9.48. The van der Waals surface area contributed by atoms with Crippen LogP contribution in [-0.2, 0) is 11.3 Å². The van der Waals surface area contributed by atoms with Crippen molar-refractivity contribution in [3.05, 3.63) is 69.3 Å². The van der Waals surface area contributed by atoms with Crippen molar-refractivity contribution in [2.24, 2.45) is 0 Å². The fraction of sp³-hybridized carbons (Fsp3) is 0.333. The van der Waals surface area contributed by atoms with Gasteiger partial charge < -0.3 is 15.0 Å². The van der Waals surface area contributed by atoms with Crippen LogP contribution in [0.4, 0.5) is 11.4 Å². The number of ether oxygens (including phenoxy) is 1. The highest BCUT2D eigenvalue weighted by molar-refractivity contribution is 5.95. The zero-order valence-corrected chi connectivity index (χ0v) is 16.2. The molecule has 1 aliphatic rings. The SMILES string of the molecule is COC(=O)c1ccc(CNC(=O)c2ccc(N3CCCCC3)c([N+](=O)[O-])c2)cc1. The van der Waals surface area contributed by atoms with Crippen molar-refractivity contribution in [2.45, 2.75) is 25.8 Å². The Morgan fingerprint density at radius 1 is 1.07 bits per heavy atom. The van der Waals surface area contributed by atoms with Crippen LogP contribution in [0.2, 0.25) is 0 Å².